The van der Waals surface area contributed by atoms with Crippen LogP contribution in [0.5, 0.6) is 0 Å². The van der Waals surface area contributed by atoms with E-state index < -0.39 is 0 Å². The van der Waals surface area contributed by atoms with Gasteiger partial charge in [-0.1, -0.05) is 20.8 Å². The molecular formula is C15H26N2O2. The molecule has 4 heteroatoms. The average molecular weight is 266 g/mol. The first-order valence-electron chi connectivity index (χ1n) is 7.43. The minimum atomic E-state index is 0.00360. The van der Waals surface area contributed by atoms with E-state index in [0.29, 0.717) is 30.7 Å². The quantitative estimate of drug-likeness (QED) is 0.786. The number of rotatable bonds is 1. The highest BCUT2D eigenvalue weighted by Gasteiger charge is 2.33. The van der Waals surface area contributed by atoms with E-state index in [1.165, 1.54) is 0 Å². The highest BCUT2D eigenvalue weighted by atomic mass is 16.2. The van der Waals surface area contributed by atoms with Crippen molar-refractivity contribution in [1.29, 1.82) is 0 Å². The minimum absolute atomic E-state index is 0.00360. The second kappa shape index (κ2) is 5.51. The average Bonchev–Trinajstić information content (AvgIpc) is 2.38. The number of nitrogens with one attached hydrogen (secondary N) is 1. The summed E-state index contributed by atoms with van der Waals surface area (Å²) >= 11 is 0. The maximum Gasteiger partial charge on any atom is 0.227 e. The third-order valence-corrected chi connectivity index (χ3v) is 4.65. The molecule has 2 aliphatic heterocycles. The van der Waals surface area contributed by atoms with Gasteiger partial charge in [0.15, 0.2) is 0 Å². The van der Waals surface area contributed by atoms with Gasteiger partial charge in [0.2, 0.25) is 11.8 Å². The van der Waals surface area contributed by atoms with Crippen molar-refractivity contribution >= 4 is 11.8 Å². The summed E-state index contributed by atoms with van der Waals surface area (Å²) < 4.78 is 0. The van der Waals surface area contributed by atoms with Crippen LogP contribution in [0.4, 0.5) is 0 Å². The fourth-order valence-corrected chi connectivity index (χ4v) is 3.17. The molecule has 4 nitrogen and oxygen atoms in total. The number of hydrogen-bond donors (Lipinski definition) is 1. The number of nitrogens with zero attached hydrogens (tertiary/aromatic N) is 1. The molecule has 2 aliphatic rings. The van der Waals surface area contributed by atoms with Crippen LogP contribution in [-0.4, -0.2) is 36.3 Å². The van der Waals surface area contributed by atoms with Crippen molar-refractivity contribution in [2.24, 2.45) is 17.3 Å². The molecular weight excluding hydrogens is 240 g/mol. The van der Waals surface area contributed by atoms with Crippen LogP contribution in [-0.2, 0) is 9.59 Å². The molecule has 2 heterocycles. The van der Waals surface area contributed by atoms with Gasteiger partial charge in [-0.2, -0.15) is 0 Å². The van der Waals surface area contributed by atoms with Crippen molar-refractivity contribution in [3.05, 3.63) is 0 Å². The summed E-state index contributed by atoms with van der Waals surface area (Å²) in [4.78, 5) is 25.5. The molecule has 0 aromatic carbocycles. The van der Waals surface area contributed by atoms with E-state index in [1.54, 1.807) is 0 Å². The van der Waals surface area contributed by atoms with Crippen molar-refractivity contribution in [1.82, 2.24) is 10.2 Å². The lowest BCUT2D eigenvalue weighted by atomic mass is 9.75. The van der Waals surface area contributed by atoms with Crippen LogP contribution < -0.4 is 5.32 Å². The maximum atomic E-state index is 12.4. The molecule has 0 radical (unpaired) electrons. The van der Waals surface area contributed by atoms with Crippen LogP contribution in [0.2, 0.25) is 0 Å². The molecule has 2 saturated heterocycles. The fraction of sp³-hybridized carbons (Fsp3) is 0.867. The Labute approximate surface area is 115 Å². The molecule has 1 unspecified atom stereocenters. The third-order valence-electron chi connectivity index (χ3n) is 4.65. The largest absolute Gasteiger partial charge is 0.355 e. The van der Waals surface area contributed by atoms with Gasteiger partial charge in [-0.25, -0.2) is 0 Å². The molecule has 2 rings (SSSR count). The Hall–Kier alpha value is -1.06. The first-order valence-corrected chi connectivity index (χ1v) is 7.43. The Bertz CT molecular complexity index is 342. The number of amides is 2. The van der Waals surface area contributed by atoms with E-state index in [-0.39, 0.29) is 17.7 Å². The molecule has 0 bridgehead atoms. The van der Waals surface area contributed by atoms with Gasteiger partial charge in [-0.05, 0) is 30.6 Å². The second-order valence-corrected chi connectivity index (χ2v) is 7.01. The van der Waals surface area contributed by atoms with Gasteiger partial charge in [0.05, 0.1) is 5.92 Å². The molecule has 2 fully saturated rings. The monoisotopic (exact) mass is 266 g/mol. The highest BCUT2D eigenvalue weighted by Crippen LogP contribution is 2.34. The molecule has 1 atom stereocenters. The standard InChI is InChI=1S/C15H26N2O2/c1-15(2,3)12-6-8-17(9-7-12)14(19)11-4-5-13(18)16-10-11/h11-12H,4-10H2,1-3H3,(H,16,18). The molecule has 0 aromatic rings. The summed E-state index contributed by atoms with van der Waals surface area (Å²) in [5, 5.41) is 2.80. The van der Waals surface area contributed by atoms with E-state index in [2.05, 4.69) is 26.1 Å². The number of carbonyl (C=O) groups excluding carboxylic acids is 2. The Morgan fingerprint density at radius 1 is 1.21 bits per heavy atom. The van der Waals surface area contributed by atoms with Crippen LogP contribution in [0, 0.1) is 17.3 Å². The summed E-state index contributed by atoms with van der Waals surface area (Å²) in [6.07, 6.45) is 3.42. The lowest BCUT2D eigenvalue weighted by Crippen LogP contribution is -2.48. The van der Waals surface area contributed by atoms with E-state index in [1.807, 2.05) is 4.90 Å². The van der Waals surface area contributed by atoms with Crippen LogP contribution in [0.25, 0.3) is 0 Å². The van der Waals surface area contributed by atoms with Crippen molar-refractivity contribution in [3.63, 3.8) is 0 Å². The Kier molecular flexibility index (Phi) is 4.16. The maximum absolute atomic E-state index is 12.4. The lowest BCUT2D eigenvalue weighted by molar-refractivity contribution is -0.139. The molecule has 108 valence electrons. The zero-order chi connectivity index (χ0) is 14.0. The minimum Gasteiger partial charge on any atom is -0.355 e. The molecule has 1 N–H and O–H groups in total. The SMILES string of the molecule is CC(C)(C)C1CCN(C(=O)C2CCC(=O)NC2)CC1. The van der Waals surface area contributed by atoms with Crippen molar-refractivity contribution in [2.75, 3.05) is 19.6 Å². The van der Waals surface area contributed by atoms with Gasteiger partial charge < -0.3 is 10.2 Å². The number of likely N-dealkylation sites (tertiary alicyclic amines) is 1. The van der Waals surface area contributed by atoms with Gasteiger partial charge in [0, 0.05) is 26.1 Å². The first kappa shape index (κ1) is 14.4. The van der Waals surface area contributed by atoms with Gasteiger partial charge in [0.1, 0.15) is 0 Å². The summed E-state index contributed by atoms with van der Waals surface area (Å²) in [6, 6.07) is 0. The molecule has 0 spiro atoms. The van der Waals surface area contributed by atoms with E-state index >= 15 is 0 Å². The predicted molar refractivity (Wildman–Crippen MR) is 74.5 cm³/mol. The zero-order valence-electron chi connectivity index (χ0n) is 12.4. The number of piperidine rings is 2. The smallest absolute Gasteiger partial charge is 0.227 e. The van der Waals surface area contributed by atoms with E-state index in [4.69, 9.17) is 0 Å². The van der Waals surface area contributed by atoms with E-state index in [9.17, 15) is 9.59 Å². The van der Waals surface area contributed by atoms with Crippen LogP contribution in [0.1, 0.15) is 46.5 Å². The Morgan fingerprint density at radius 2 is 1.84 bits per heavy atom. The normalized spacial score (nSPS) is 26.2. The van der Waals surface area contributed by atoms with Gasteiger partial charge in [0.25, 0.3) is 0 Å². The van der Waals surface area contributed by atoms with Crippen LogP contribution in [0.15, 0.2) is 0 Å². The number of hydrogen-bond acceptors (Lipinski definition) is 2. The lowest BCUT2D eigenvalue weighted by Gasteiger charge is -2.40. The first-order chi connectivity index (χ1) is 8.88. The molecule has 0 aromatic heterocycles. The van der Waals surface area contributed by atoms with Crippen molar-refractivity contribution < 1.29 is 9.59 Å². The molecule has 0 aliphatic carbocycles. The summed E-state index contributed by atoms with van der Waals surface area (Å²) in [5.74, 6) is 1.04. The van der Waals surface area contributed by atoms with Crippen molar-refractivity contribution in [3.8, 4) is 0 Å². The van der Waals surface area contributed by atoms with E-state index in [0.717, 1.165) is 25.9 Å². The molecule has 0 saturated carbocycles. The third kappa shape index (κ3) is 3.48. The number of carbonyl (C=O) groups is 2. The summed E-state index contributed by atoms with van der Waals surface area (Å²) in [5.41, 5.74) is 0.341. The molecule has 19 heavy (non-hydrogen) atoms. The van der Waals surface area contributed by atoms with Gasteiger partial charge in [-0.15, -0.1) is 0 Å². The van der Waals surface area contributed by atoms with Crippen LogP contribution >= 0.6 is 0 Å². The molecule has 2 amide bonds. The predicted octanol–water partition coefficient (Wildman–Crippen LogP) is 1.80. The van der Waals surface area contributed by atoms with Gasteiger partial charge >= 0.3 is 0 Å². The van der Waals surface area contributed by atoms with Crippen LogP contribution in [0.3, 0.4) is 0 Å². The van der Waals surface area contributed by atoms with Gasteiger partial charge in [-0.3, -0.25) is 9.59 Å². The fourth-order valence-electron chi connectivity index (χ4n) is 3.17. The second-order valence-electron chi connectivity index (χ2n) is 7.01. The van der Waals surface area contributed by atoms with Crippen molar-refractivity contribution in [2.45, 2.75) is 46.5 Å². The summed E-state index contributed by atoms with van der Waals surface area (Å²) in [7, 11) is 0. The zero-order valence-corrected chi connectivity index (χ0v) is 12.4. The topological polar surface area (TPSA) is 49.4 Å². The summed E-state index contributed by atoms with van der Waals surface area (Å²) in [6.45, 7) is 9.14. The Morgan fingerprint density at radius 3 is 2.32 bits per heavy atom. The Balaban J connectivity index is 1.84. The highest BCUT2D eigenvalue weighted by molar-refractivity contribution is 5.83.